The molecule has 0 saturated carbocycles. The Morgan fingerprint density at radius 1 is 1.29 bits per heavy atom. The Bertz CT molecular complexity index is 235. The second kappa shape index (κ2) is 5.68. The average molecular weight is 223 g/mol. The molecule has 14 heavy (non-hydrogen) atoms. The summed E-state index contributed by atoms with van der Waals surface area (Å²) in [5, 5.41) is 0. The van der Waals surface area contributed by atoms with E-state index in [9.17, 15) is 0 Å². The molecule has 1 heterocycles. The van der Waals surface area contributed by atoms with Crippen molar-refractivity contribution < 1.29 is 17.5 Å². The van der Waals surface area contributed by atoms with Crippen molar-refractivity contribution in [2.45, 2.75) is 26.2 Å². The number of hydrogen-bond donors (Lipinski definition) is 0. The van der Waals surface area contributed by atoms with Gasteiger partial charge in [-0.05, 0) is 6.42 Å². The molecular formula is C9H21NO3S. The predicted molar refractivity (Wildman–Crippen MR) is 55.9 cm³/mol. The van der Waals surface area contributed by atoms with E-state index in [1.165, 1.54) is 43.4 Å². The third-order valence-electron chi connectivity index (χ3n) is 2.41. The van der Waals surface area contributed by atoms with Crippen molar-refractivity contribution in [3.63, 3.8) is 0 Å². The van der Waals surface area contributed by atoms with Crippen LogP contribution in [0.5, 0.6) is 0 Å². The summed E-state index contributed by atoms with van der Waals surface area (Å²) < 4.78 is 28.6. The zero-order chi connectivity index (χ0) is 11.2. The molecule has 1 aliphatic rings. The fraction of sp³-hybridized carbons (Fsp3) is 1.00. The molecule has 1 saturated heterocycles. The molecule has 0 spiro atoms. The van der Waals surface area contributed by atoms with Crippen LogP contribution in [0.25, 0.3) is 0 Å². The topological polar surface area (TPSA) is 57.2 Å². The first kappa shape index (κ1) is 13.9. The Labute approximate surface area is 87.3 Å². The van der Waals surface area contributed by atoms with Gasteiger partial charge in [0.05, 0.1) is 36.8 Å². The number of quaternary nitrogens is 1. The van der Waals surface area contributed by atoms with E-state index in [0.717, 1.165) is 0 Å². The maximum atomic E-state index is 9.08. The number of hydrogen-bond acceptors (Lipinski definition) is 3. The lowest BCUT2D eigenvalue weighted by Crippen LogP contribution is -2.41. The van der Waals surface area contributed by atoms with Crippen molar-refractivity contribution in [2.24, 2.45) is 0 Å². The summed E-state index contributed by atoms with van der Waals surface area (Å²) in [4.78, 5) is 0. The maximum absolute atomic E-state index is 9.08. The molecule has 0 aromatic rings. The van der Waals surface area contributed by atoms with E-state index in [1.807, 2.05) is 0 Å². The van der Waals surface area contributed by atoms with E-state index in [2.05, 4.69) is 14.0 Å². The number of rotatable bonds is 2. The minimum absolute atomic E-state index is 0.604. The van der Waals surface area contributed by atoms with Crippen LogP contribution in [-0.4, -0.2) is 50.4 Å². The third-order valence-corrected chi connectivity index (χ3v) is 2.41. The highest BCUT2D eigenvalue weighted by atomic mass is 32.2. The van der Waals surface area contributed by atoms with Gasteiger partial charge in [0.2, 0.25) is 0 Å². The molecule has 5 heteroatoms. The lowest BCUT2D eigenvalue weighted by molar-refractivity contribution is -0.897. The van der Waals surface area contributed by atoms with E-state index < -0.39 is 10.1 Å². The van der Waals surface area contributed by atoms with Gasteiger partial charge in [0.1, 0.15) is 0 Å². The summed E-state index contributed by atoms with van der Waals surface area (Å²) >= 11 is 0. The quantitative estimate of drug-likeness (QED) is 0.514. The van der Waals surface area contributed by atoms with Crippen LogP contribution in [0, 0.1) is 0 Å². The highest BCUT2D eigenvalue weighted by Crippen LogP contribution is 2.15. The normalized spacial score (nSPS) is 20.0. The predicted octanol–water partition coefficient (Wildman–Crippen LogP) is 0.798. The van der Waals surface area contributed by atoms with Crippen LogP contribution in [0.3, 0.4) is 0 Å². The highest BCUT2D eigenvalue weighted by Gasteiger charge is 2.24. The van der Waals surface area contributed by atoms with Crippen LogP contribution < -0.4 is 0 Å². The zero-order valence-electron chi connectivity index (χ0n) is 9.32. The minimum atomic E-state index is -3.92. The van der Waals surface area contributed by atoms with Gasteiger partial charge in [-0.15, -0.1) is 0 Å². The smallest absolute Gasteiger partial charge is 0.0916 e. The summed E-state index contributed by atoms with van der Waals surface area (Å²) in [6.45, 7) is 6.52. The van der Waals surface area contributed by atoms with Crippen molar-refractivity contribution in [3.8, 4) is 0 Å². The molecule has 86 valence electrons. The average Bonchev–Trinajstić information content (AvgIpc) is 2.33. The standard InChI is InChI=1S/C8H18N.CH4O3S/c1-3-6-9(2)7-4-5-8-9;1-5(2,3)4/h3-8H2,1-2H3;1H3,(H,2,3,4)/q+1;/p-1. The summed E-state index contributed by atoms with van der Waals surface area (Å²) in [5.41, 5.74) is 0. The van der Waals surface area contributed by atoms with E-state index in [1.54, 1.807) is 0 Å². The highest BCUT2D eigenvalue weighted by molar-refractivity contribution is 7.84. The fourth-order valence-corrected chi connectivity index (χ4v) is 1.86. The lowest BCUT2D eigenvalue weighted by atomic mass is 10.4. The van der Waals surface area contributed by atoms with Gasteiger partial charge in [-0.25, -0.2) is 8.42 Å². The summed E-state index contributed by atoms with van der Waals surface area (Å²) in [6, 6.07) is 0. The fourth-order valence-electron chi connectivity index (χ4n) is 1.86. The second-order valence-electron chi connectivity index (χ2n) is 4.20. The molecule has 1 aliphatic heterocycles. The van der Waals surface area contributed by atoms with Gasteiger partial charge in [-0.1, -0.05) is 6.92 Å². The van der Waals surface area contributed by atoms with Crippen molar-refractivity contribution in [2.75, 3.05) is 32.9 Å². The summed E-state index contributed by atoms with van der Waals surface area (Å²) in [5.74, 6) is 0. The van der Waals surface area contributed by atoms with Crippen LogP contribution >= 0.6 is 0 Å². The third kappa shape index (κ3) is 8.47. The number of likely N-dealkylation sites (tertiary alicyclic amines) is 1. The molecule has 0 aromatic carbocycles. The van der Waals surface area contributed by atoms with E-state index in [-0.39, 0.29) is 0 Å². The largest absolute Gasteiger partial charge is 0.748 e. The van der Waals surface area contributed by atoms with Gasteiger partial charge in [0, 0.05) is 19.1 Å². The van der Waals surface area contributed by atoms with Gasteiger partial charge in [-0.3, -0.25) is 0 Å². The molecule has 0 bridgehead atoms. The molecule has 1 rings (SSSR count). The summed E-state index contributed by atoms with van der Waals surface area (Å²) in [7, 11) is -1.53. The molecule has 0 radical (unpaired) electrons. The molecule has 0 amide bonds. The van der Waals surface area contributed by atoms with Crippen LogP contribution in [0.2, 0.25) is 0 Å². The summed E-state index contributed by atoms with van der Waals surface area (Å²) in [6.07, 6.45) is 4.86. The van der Waals surface area contributed by atoms with Crippen molar-refractivity contribution in [1.29, 1.82) is 0 Å². The molecule has 1 fully saturated rings. The maximum Gasteiger partial charge on any atom is 0.0916 e. The van der Waals surface area contributed by atoms with Crippen LogP contribution in [-0.2, 0) is 10.1 Å². The van der Waals surface area contributed by atoms with E-state index in [0.29, 0.717) is 6.26 Å². The first-order chi connectivity index (χ1) is 6.27. The first-order valence-electron chi connectivity index (χ1n) is 5.01. The Balaban J connectivity index is 0.000000292. The second-order valence-corrected chi connectivity index (χ2v) is 5.61. The Kier molecular flexibility index (Phi) is 5.63. The van der Waals surface area contributed by atoms with Crippen molar-refractivity contribution in [3.05, 3.63) is 0 Å². The monoisotopic (exact) mass is 223 g/mol. The lowest BCUT2D eigenvalue weighted by Gasteiger charge is -2.28. The molecule has 0 aliphatic carbocycles. The SMILES string of the molecule is CCC[N+]1(C)CCCC1.CS(=O)(=O)[O-]. The van der Waals surface area contributed by atoms with Gasteiger partial charge in [0.15, 0.2) is 0 Å². The van der Waals surface area contributed by atoms with E-state index >= 15 is 0 Å². The van der Waals surface area contributed by atoms with Crippen molar-refractivity contribution in [1.82, 2.24) is 0 Å². The Hall–Kier alpha value is -0.130. The van der Waals surface area contributed by atoms with Crippen LogP contribution in [0.4, 0.5) is 0 Å². The Morgan fingerprint density at radius 2 is 1.64 bits per heavy atom. The minimum Gasteiger partial charge on any atom is -0.748 e. The molecule has 0 atom stereocenters. The molecular weight excluding hydrogens is 202 g/mol. The van der Waals surface area contributed by atoms with E-state index in [4.69, 9.17) is 13.0 Å². The van der Waals surface area contributed by atoms with Crippen LogP contribution in [0.15, 0.2) is 0 Å². The van der Waals surface area contributed by atoms with Gasteiger partial charge in [-0.2, -0.15) is 0 Å². The Morgan fingerprint density at radius 3 is 1.93 bits per heavy atom. The first-order valence-corrected chi connectivity index (χ1v) is 6.83. The number of nitrogens with zero attached hydrogens (tertiary/aromatic N) is 1. The molecule has 4 nitrogen and oxygen atoms in total. The van der Waals surface area contributed by atoms with Gasteiger partial charge >= 0.3 is 0 Å². The molecule has 0 aromatic heterocycles. The van der Waals surface area contributed by atoms with Crippen molar-refractivity contribution >= 4 is 10.1 Å². The van der Waals surface area contributed by atoms with Gasteiger partial charge in [0.25, 0.3) is 0 Å². The molecule has 0 N–H and O–H groups in total. The van der Waals surface area contributed by atoms with Crippen LogP contribution in [0.1, 0.15) is 26.2 Å². The zero-order valence-corrected chi connectivity index (χ0v) is 10.1. The van der Waals surface area contributed by atoms with Gasteiger partial charge < -0.3 is 9.04 Å². The molecule has 0 unspecified atom stereocenters.